The van der Waals surface area contributed by atoms with Crippen molar-refractivity contribution in [2.24, 2.45) is 0 Å². The Morgan fingerprint density at radius 3 is 2.24 bits per heavy atom. The number of rotatable bonds is 12. The molecule has 0 fully saturated rings. The fourth-order valence-corrected chi connectivity index (χ4v) is 5.92. The van der Waals surface area contributed by atoms with Gasteiger partial charge in [-0.3, -0.25) is 9.69 Å². The molecule has 6 aromatic rings. The van der Waals surface area contributed by atoms with Crippen molar-refractivity contribution in [1.29, 1.82) is 0 Å². The van der Waals surface area contributed by atoms with E-state index in [4.69, 9.17) is 9.72 Å². The number of aromatic nitrogens is 3. The molecule has 8 nitrogen and oxygen atoms in total. The number of H-pyrrole nitrogens is 1. The second kappa shape index (κ2) is 14.7. The zero-order valence-electron chi connectivity index (χ0n) is 28.9. The van der Waals surface area contributed by atoms with Crippen molar-refractivity contribution in [2.45, 2.75) is 52.2 Å². The molecule has 4 aromatic carbocycles. The maximum absolute atomic E-state index is 13.5. The van der Waals surface area contributed by atoms with Crippen molar-refractivity contribution in [3.63, 3.8) is 0 Å². The summed E-state index contributed by atoms with van der Waals surface area (Å²) < 4.78 is 6.37. The lowest BCUT2D eigenvalue weighted by Gasteiger charge is -2.31. The zero-order chi connectivity index (χ0) is 34.4. The number of carbonyl (C=O) groups is 1. The van der Waals surface area contributed by atoms with Crippen LogP contribution in [0.3, 0.4) is 0 Å². The number of aromatic amines is 1. The van der Waals surface area contributed by atoms with Crippen LogP contribution in [0, 0.1) is 0 Å². The smallest absolute Gasteiger partial charge is 0.243 e. The third-order valence-electron chi connectivity index (χ3n) is 8.72. The molecule has 0 aliphatic heterocycles. The first-order valence-corrected chi connectivity index (χ1v) is 16.7. The van der Waals surface area contributed by atoms with Crippen molar-refractivity contribution < 1.29 is 9.53 Å². The molecule has 0 radical (unpaired) electrons. The number of para-hydroxylation sites is 1. The standard InChI is InChI=1S/C41H44N6O2/c1-29(47(27-31-17-10-7-11-18-31)28-38(48)46(5)26-30-15-8-6-9-16-30)32-22-23-34-36(25-32)45-40(43-34)44-35-20-14-24-42-39(35)49-37-21-13-12-19-33(37)41(2,3)4/h6-25,29H,26-28H2,1-5H3,(H2,43,44,45). The quantitative estimate of drug-likeness (QED) is 0.137. The second-order valence-corrected chi connectivity index (χ2v) is 13.5. The number of nitrogens with zero attached hydrogens (tertiary/aromatic N) is 4. The van der Waals surface area contributed by atoms with Gasteiger partial charge in [0.1, 0.15) is 11.4 Å². The Labute approximate surface area is 288 Å². The highest BCUT2D eigenvalue weighted by atomic mass is 16.5. The molecule has 250 valence electrons. The van der Waals surface area contributed by atoms with Crippen LogP contribution in [-0.4, -0.2) is 44.3 Å². The zero-order valence-corrected chi connectivity index (χ0v) is 28.9. The summed E-state index contributed by atoms with van der Waals surface area (Å²) in [5.41, 5.74) is 6.78. The van der Waals surface area contributed by atoms with Gasteiger partial charge in [0.05, 0.1) is 17.6 Å². The predicted molar refractivity (Wildman–Crippen MR) is 197 cm³/mol. The Hall–Kier alpha value is -5.47. The second-order valence-electron chi connectivity index (χ2n) is 13.5. The highest BCUT2D eigenvalue weighted by Crippen LogP contribution is 2.36. The topological polar surface area (TPSA) is 86.4 Å². The van der Waals surface area contributed by atoms with Crippen LogP contribution >= 0.6 is 0 Å². The molecular weight excluding hydrogens is 608 g/mol. The van der Waals surface area contributed by atoms with Gasteiger partial charge in [-0.2, -0.15) is 0 Å². The van der Waals surface area contributed by atoms with Gasteiger partial charge in [-0.05, 0) is 59.4 Å². The number of imidazole rings is 1. The Bertz CT molecular complexity index is 2000. The SMILES string of the molecule is CC(c1ccc2nc(Nc3cccnc3Oc3ccccc3C(C)(C)C)[nH]c2c1)N(CC(=O)N(C)Cc1ccccc1)Cc1ccccc1. The van der Waals surface area contributed by atoms with Crippen LogP contribution in [0.4, 0.5) is 11.6 Å². The molecule has 8 heteroatoms. The fraction of sp³-hybridized carbons (Fsp3) is 0.244. The number of pyridine rings is 1. The molecule has 1 unspecified atom stereocenters. The first kappa shape index (κ1) is 33.4. The van der Waals surface area contributed by atoms with E-state index in [0.717, 1.165) is 39.0 Å². The minimum absolute atomic E-state index is 0.0420. The van der Waals surface area contributed by atoms with Gasteiger partial charge in [0.25, 0.3) is 0 Å². The summed E-state index contributed by atoms with van der Waals surface area (Å²) in [6, 6.07) is 38.4. The number of nitrogens with one attached hydrogen (secondary N) is 2. The third-order valence-corrected chi connectivity index (χ3v) is 8.72. The molecule has 6 rings (SSSR count). The summed E-state index contributed by atoms with van der Waals surface area (Å²) >= 11 is 0. The van der Waals surface area contributed by atoms with E-state index in [1.165, 1.54) is 0 Å². The van der Waals surface area contributed by atoms with E-state index in [9.17, 15) is 4.79 Å². The minimum Gasteiger partial charge on any atom is -0.437 e. The van der Waals surface area contributed by atoms with Crippen LogP contribution in [0.2, 0.25) is 0 Å². The van der Waals surface area contributed by atoms with Crippen molar-refractivity contribution >= 4 is 28.6 Å². The average Bonchev–Trinajstić information content (AvgIpc) is 3.51. The molecule has 0 bridgehead atoms. The number of carbonyl (C=O) groups excluding carboxylic acids is 1. The highest BCUT2D eigenvalue weighted by Gasteiger charge is 2.23. The molecule has 0 aliphatic carbocycles. The lowest BCUT2D eigenvalue weighted by molar-refractivity contribution is -0.132. The van der Waals surface area contributed by atoms with E-state index in [0.29, 0.717) is 30.6 Å². The number of likely N-dealkylation sites (N-methyl/N-ethyl adjacent to an activating group) is 1. The number of ether oxygens (including phenoxy) is 1. The first-order chi connectivity index (χ1) is 23.6. The van der Waals surface area contributed by atoms with Crippen LogP contribution in [0.1, 0.15) is 56.0 Å². The summed E-state index contributed by atoms with van der Waals surface area (Å²) in [6.07, 6.45) is 1.72. The van der Waals surface area contributed by atoms with Gasteiger partial charge in [0.15, 0.2) is 0 Å². The van der Waals surface area contributed by atoms with Crippen molar-refractivity contribution in [2.75, 3.05) is 18.9 Å². The van der Waals surface area contributed by atoms with E-state index in [2.05, 4.69) is 78.2 Å². The van der Waals surface area contributed by atoms with Gasteiger partial charge in [0.2, 0.25) is 17.7 Å². The molecule has 49 heavy (non-hydrogen) atoms. The molecule has 1 amide bonds. The summed E-state index contributed by atoms with van der Waals surface area (Å²) in [6.45, 7) is 10.1. The monoisotopic (exact) mass is 652 g/mol. The normalized spacial score (nSPS) is 12.2. The van der Waals surface area contributed by atoms with E-state index in [-0.39, 0.29) is 23.9 Å². The third kappa shape index (κ3) is 8.34. The van der Waals surface area contributed by atoms with E-state index < -0.39 is 0 Å². The maximum atomic E-state index is 13.5. The van der Waals surface area contributed by atoms with Crippen LogP contribution in [0.25, 0.3) is 11.0 Å². The van der Waals surface area contributed by atoms with Gasteiger partial charge >= 0.3 is 0 Å². The van der Waals surface area contributed by atoms with E-state index in [1.54, 1.807) is 11.1 Å². The number of hydrogen-bond donors (Lipinski definition) is 2. The molecule has 0 saturated heterocycles. The van der Waals surface area contributed by atoms with Gasteiger partial charge in [-0.25, -0.2) is 9.97 Å². The summed E-state index contributed by atoms with van der Waals surface area (Å²) in [7, 11) is 1.87. The van der Waals surface area contributed by atoms with Crippen molar-refractivity contribution in [3.05, 3.63) is 144 Å². The largest absolute Gasteiger partial charge is 0.437 e. The van der Waals surface area contributed by atoms with Crippen LogP contribution < -0.4 is 10.1 Å². The van der Waals surface area contributed by atoms with Gasteiger partial charge in [-0.15, -0.1) is 0 Å². The predicted octanol–water partition coefficient (Wildman–Crippen LogP) is 9.01. The molecule has 0 spiro atoms. The molecule has 2 aromatic heterocycles. The molecule has 0 aliphatic rings. The Kier molecular flexibility index (Phi) is 10.1. The van der Waals surface area contributed by atoms with Gasteiger partial charge in [0, 0.05) is 37.9 Å². The number of amides is 1. The van der Waals surface area contributed by atoms with E-state index >= 15 is 0 Å². The summed E-state index contributed by atoms with van der Waals surface area (Å²) in [5.74, 6) is 1.89. The average molecular weight is 653 g/mol. The number of benzene rings is 4. The summed E-state index contributed by atoms with van der Waals surface area (Å²) in [4.78, 5) is 30.3. The maximum Gasteiger partial charge on any atom is 0.243 e. The van der Waals surface area contributed by atoms with Gasteiger partial charge in [-0.1, -0.05) is 106 Å². The van der Waals surface area contributed by atoms with Crippen LogP contribution in [-0.2, 0) is 23.3 Å². The number of hydrogen-bond acceptors (Lipinski definition) is 6. The number of fused-ring (bicyclic) bond motifs is 1. The summed E-state index contributed by atoms with van der Waals surface area (Å²) in [5, 5.41) is 3.39. The Morgan fingerprint density at radius 2 is 1.53 bits per heavy atom. The Morgan fingerprint density at radius 1 is 0.857 bits per heavy atom. The molecule has 0 saturated carbocycles. The van der Waals surface area contributed by atoms with Crippen molar-refractivity contribution in [3.8, 4) is 11.6 Å². The van der Waals surface area contributed by atoms with Crippen LogP contribution in [0.5, 0.6) is 11.6 Å². The highest BCUT2D eigenvalue weighted by molar-refractivity contribution is 5.80. The molecular formula is C41H44N6O2. The molecule has 2 N–H and O–H groups in total. The first-order valence-electron chi connectivity index (χ1n) is 16.7. The Balaban J connectivity index is 1.21. The van der Waals surface area contributed by atoms with E-state index in [1.807, 2.05) is 92.0 Å². The van der Waals surface area contributed by atoms with Crippen LogP contribution in [0.15, 0.2) is 121 Å². The molecule has 2 heterocycles. The lowest BCUT2D eigenvalue weighted by Crippen LogP contribution is -2.39. The minimum atomic E-state index is -0.0887. The molecule has 1 atom stereocenters. The van der Waals surface area contributed by atoms with Crippen molar-refractivity contribution in [1.82, 2.24) is 24.8 Å². The lowest BCUT2D eigenvalue weighted by atomic mass is 9.86. The van der Waals surface area contributed by atoms with Gasteiger partial charge < -0.3 is 19.9 Å². The fourth-order valence-electron chi connectivity index (χ4n) is 5.92. The number of anilines is 2.